The van der Waals surface area contributed by atoms with Crippen LogP contribution in [0.25, 0.3) is 0 Å². The van der Waals surface area contributed by atoms with Crippen LogP contribution in [0.3, 0.4) is 0 Å². The van der Waals surface area contributed by atoms with Gasteiger partial charge in [-0.2, -0.15) is 5.10 Å². The van der Waals surface area contributed by atoms with E-state index in [1.165, 1.54) is 36.3 Å². The summed E-state index contributed by atoms with van der Waals surface area (Å²) in [5.41, 5.74) is 4.14. The minimum atomic E-state index is 0.482. The molecule has 0 fully saturated rings. The van der Waals surface area contributed by atoms with E-state index in [0.717, 1.165) is 6.54 Å². The molecule has 0 amide bonds. The molecule has 0 N–H and O–H groups in total. The molecular formula is C12H21N3. The van der Waals surface area contributed by atoms with Crippen LogP contribution in [-0.2, 0) is 13.0 Å². The molecule has 1 aromatic heterocycles. The van der Waals surface area contributed by atoms with Gasteiger partial charge in [-0.3, -0.25) is 4.68 Å². The van der Waals surface area contributed by atoms with Crippen LogP contribution >= 0.6 is 0 Å². The van der Waals surface area contributed by atoms with Crippen LogP contribution in [0.15, 0.2) is 0 Å². The van der Waals surface area contributed by atoms with Gasteiger partial charge in [0.2, 0.25) is 0 Å². The van der Waals surface area contributed by atoms with Gasteiger partial charge in [-0.1, -0.05) is 0 Å². The molecule has 1 aliphatic rings. The predicted octanol–water partition coefficient (Wildman–Crippen LogP) is 2.15. The van der Waals surface area contributed by atoms with Crippen molar-refractivity contribution < 1.29 is 0 Å². The molecule has 0 saturated heterocycles. The third kappa shape index (κ3) is 1.93. The lowest BCUT2D eigenvalue weighted by Gasteiger charge is -2.12. The van der Waals surface area contributed by atoms with Crippen molar-refractivity contribution in [2.24, 2.45) is 0 Å². The first-order valence-electron chi connectivity index (χ1n) is 5.85. The van der Waals surface area contributed by atoms with Gasteiger partial charge in [0, 0.05) is 23.8 Å². The molecule has 0 bridgehead atoms. The first-order chi connectivity index (χ1) is 7.09. The zero-order chi connectivity index (χ0) is 11.0. The van der Waals surface area contributed by atoms with E-state index < -0.39 is 0 Å². The lowest BCUT2D eigenvalue weighted by Crippen LogP contribution is -2.17. The monoisotopic (exact) mass is 207 g/mol. The van der Waals surface area contributed by atoms with Crippen LogP contribution in [-0.4, -0.2) is 28.3 Å². The number of nitrogens with zero attached hydrogens (tertiary/aromatic N) is 3. The Kier molecular flexibility index (Phi) is 2.83. The Bertz CT molecular complexity index is 352. The average molecular weight is 207 g/mol. The molecule has 3 nitrogen and oxygen atoms in total. The maximum Gasteiger partial charge on any atom is 0.0641 e. The molecule has 2 rings (SSSR count). The van der Waals surface area contributed by atoms with Gasteiger partial charge in [0.25, 0.3) is 0 Å². The summed E-state index contributed by atoms with van der Waals surface area (Å²) in [6, 6.07) is 0.482. The molecule has 0 radical (unpaired) electrons. The van der Waals surface area contributed by atoms with E-state index in [4.69, 9.17) is 0 Å². The van der Waals surface area contributed by atoms with Gasteiger partial charge in [0.05, 0.1) is 5.69 Å². The van der Waals surface area contributed by atoms with Crippen molar-refractivity contribution in [3.8, 4) is 0 Å². The van der Waals surface area contributed by atoms with Gasteiger partial charge in [-0.25, -0.2) is 0 Å². The normalized spacial score (nSPS) is 17.9. The highest BCUT2D eigenvalue weighted by Crippen LogP contribution is 2.23. The molecular weight excluding hydrogens is 186 g/mol. The highest BCUT2D eigenvalue weighted by molar-refractivity contribution is 5.27. The van der Waals surface area contributed by atoms with Crippen LogP contribution in [0, 0.1) is 6.92 Å². The molecule has 3 heteroatoms. The van der Waals surface area contributed by atoms with Crippen LogP contribution in [0.1, 0.15) is 43.3 Å². The van der Waals surface area contributed by atoms with Gasteiger partial charge < -0.3 is 4.90 Å². The van der Waals surface area contributed by atoms with E-state index in [1.54, 1.807) is 0 Å². The minimum absolute atomic E-state index is 0.482. The third-order valence-electron chi connectivity index (χ3n) is 3.19. The summed E-state index contributed by atoms with van der Waals surface area (Å²) in [6.45, 7) is 8.82. The van der Waals surface area contributed by atoms with E-state index >= 15 is 0 Å². The molecule has 0 unspecified atom stereocenters. The fourth-order valence-corrected chi connectivity index (χ4v) is 2.39. The summed E-state index contributed by atoms with van der Waals surface area (Å²) in [6.07, 6.45) is 2.43. The fraction of sp³-hybridized carbons (Fsp3) is 0.750. The van der Waals surface area contributed by atoms with Gasteiger partial charge in [0.1, 0.15) is 0 Å². The number of aryl methyl sites for hydroxylation is 1. The van der Waals surface area contributed by atoms with Crippen molar-refractivity contribution in [3.63, 3.8) is 0 Å². The molecule has 2 heterocycles. The lowest BCUT2D eigenvalue weighted by atomic mass is 10.1. The Hall–Kier alpha value is -0.830. The number of aromatic nitrogens is 2. The molecule has 15 heavy (non-hydrogen) atoms. The SMILES string of the molecule is Cc1nn(C(C)C)c2c1CN(C)CCC2. The molecule has 0 aliphatic carbocycles. The number of hydrogen-bond donors (Lipinski definition) is 0. The zero-order valence-corrected chi connectivity index (χ0v) is 10.2. The second-order valence-corrected chi connectivity index (χ2v) is 4.89. The summed E-state index contributed by atoms with van der Waals surface area (Å²) in [4.78, 5) is 2.39. The van der Waals surface area contributed by atoms with E-state index in [2.05, 4.69) is 42.5 Å². The maximum atomic E-state index is 4.66. The van der Waals surface area contributed by atoms with Crippen LogP contribution in [0.2, 0.25) is 0 Å². The Morgan fingerprint density at radius 1 is 1.33 bits per heavy atom. The first kappa shape index (κ1) is 10.7. The van der Waals surface area contributed by atoms with E-state index in [-0.39, 0.29) is 0 Å². The van der Waals surface area contributed by atoms with Crippen LogP contribution in [0.4, 0.5) is 0 Å². The quantitative estimate of drug-likeness (QED) is 0.703. The van der Waals surface area contributed by atoms with Crippen LogP contribution in [0.5, 0.6) is 0 Å². The van der Waals surface area contributed by atoms with Crippen molar-refractivity contribution >= 4 is 0 Å². The molecule has 0 spiro atoms. The van der Waals surface area contributed by atoms with Gasteiger partial charge >= 0.3 is 0 Å². The standard InChI is InChI=1S/C12H21N3/c1-9(2)15-12-6-5-7-14(4)8-11(12)10(3)13-15/h9H,5-8H2,1-4H3. The second-order valence-electron chi connectivity index (χ2n) is 4.89. The Labute approximate surface area is 92.1 Å². The topological polar surface area (TPSA) is 21.1 Å². The second kappa shape index (κ2) is 3.97. The predicted molar refractivity (Wildman–Crippen MR) is 62.0 cm³/mol. The Balaban J connectivity index is 2.43. The van der Waals surface area contributed by atoms with Crippen molar-refractivity contribution in [1.29, 1.82) is 0 Å². The smallest absolute Gasteiger partial charge is 0.0641 e. The fourth-order valence-electron chi connectivity index (χ4n) is 2.39. The third-order valence-corrected chi connectivity index (χ3v) is 3.19. The highest BCUT2D eigenvalue weighted by atomic mass is 15.3. The van der Waals surface area contributed by atoms with Crippen molar-refractivity contribution in [2.45, 2.75) is 46.2 Å². The molecule has 1 aliphatic heterocycles. The minimum Gasteiger partial charge on any atom is -0.302 e. The number of fused-ring (bicyclic) bond motifs is 1. The molecule has 1 aromatic rings. The van der Waals surface area contributed by atoms with E-state index in [0.29, 0.717) is 6.04 Å². The molecule has 0 saturated carbocycles. The van der Waals surface area contributed by atoms with E-state index in [9.17, 15) is 0 Å². The summed E-state index contributed by atoms with van der Waals surface area (Å²) in [5, 5.41) is 4.66. The number of rotatable bonds is 1. The first-order valence-corrected chi connectivity index (χ1v) is 5.85. The van der Waals surface area contributed by atoms with Crippen molar-refractivity contribution in [3.05, 3.63) is 17.0 Å². The van der Waals surface area contributed by atoms with Crippen LogP contribution < -0.4 is 0 Å². The van der Waals surface area contributed by atoms with Gasteiger partial charge in [-0.15, -0.1) is 0 Å². The van der Waals surface area contributed by atoms with Crippen molar-refractivity contribution in [1.82, 2.24) is 14.7 Å². The summed E-state index contributed by atoms with van der Waals surface area (Å²) in [5.74, 6) is 0. The molecule has 84 valence electrons. The van der Waals surface area contributed by atoms with Gasteiger partial charge in [-0.05, 0) is 47.2 Å². The Morgan fingerprint density at radius 3 is 2.73 bits per heavy atom. The largest absolute Gasteiger partial charge is 0.302 e. The summed E-state index contributed by atoms with van der Waals surface area (Å²) < 4.78 is 2.21. The summed E-state index contributed by atoms with van der Waals surface area (Å²) in [7, 11) is 2.20. The zero-order valence-electron chi connectivity index (χ0n) is 10.2. The average Bonchev–Trinajstić information content (AvgIpc) is 2.36. The molecule has 0 atom stereocenters. The molecule has 0 aromatic carbocycles. The van der Waals surface area contributed by atoms with Gasteiger partial charge in [0.15, 0.2) is 0 Å². The number of hydrogen-bond acceptors (Lipinski definition) is 2. The maximum absolute atomic E-state index is 4.66. The van der Waals surface area contributed by atoms with E-state index in [1.807, 2.05) is 0 Å². The summed E-state index contributed by atoms with van der Waals surface area (Å²) >= 11 is 0. The highest BCUT2D eigenvalue weighted by Gasteiger charge is 2.20. The Morgan fingerprint density at radius 2 is 2.07 bits per heavy atom. The van der Waals surface area contributed by atoms with Crippen molar-refractivity contribution in [2.75, 3.05) is 13.6 Å². The lowest BCUT2D eigenvalue weighted by molar-refractivity contribution is 0.331.